The van der Waals surface area contributed by atoms with E-state index in [-0.39, 0.29) is 16.2 Å². The zero-order chi connectivity index (χ0) is 21.0. The quantitative estimate of drug-likeness (QED) is 0.619. The largest absolute Gasteiger partial charge is 0.494 e. The minimum Gasteiger partial charge on any atom is -0.494 e. The third-order valence-corrected chi connectivity index (χ3v) is 6.25. The van der Waals surface area contributed by atoms with Crippen LogP contribution in [-0.2, 0) is 21.1 Å². The molecule has 0 heterocycles. The molecule has 0 unspecified atom stereocenters. The van der Waals surface area contributed by atoms with Crippen LogP contribution in [0.5, 0.6) is 5.75 Å². The maximum atomic E-state index is 13.5. The number of sulfone groups is 1. The van der Waals surface area contributed by atoms with E-state index in [1.165, 1.54) is 12.1 Å². The molecule has 0 aliphatic heterocycles. The molecule has 0 amide bonds. The van der Waals surface area contributed by atoms with Gasteiger partial charge in [0.25, 0.3) is 0 Å². The molecular weight excluding hydrogens is 388 g/mol. The molecule has 0 fully saturated rings. The molecule has 0 aliphatic rings. The SMILES string of the molecule is CCOc1cc(CC(=O)O)cc(S(=O)(=O)c2ccccc2-c2ccc(C)cc2)c1. The van der Waals surface area contributed by atoms with Crippen molar-refractivity contribution in [2.75, 3.05) is 6.61 Å². The number of benzene rings is 3. The fraction of sp³-hybridized carbons (Fsp3) is 0.174. The first kappa shape index (κ1) is 20.6. The van der Waals surface area contributed by atoms with Crippen LogP contribution in [0.25, 0.3) is 11.1 Å². The number of hydrogen-bond donors (Lipinski definition) is 1. The highest BCUT2D eigenvalue weighted by atomic mass is 32.2. The van der Waals surface area contributed by atoms with Gasteiger partial charge in [0.15, 0.2) is 0 Å². The number of carboxylic acids is 1. The maximum absolute atomic E-state index is 13.5. The van der Waals surface area contributed by atoms with E-state index in [4.69, 9.17) is 9.84 Å². The normalized spacial score (nSPS) is 11.2. The molecule has 0 atom stereocenters. The Labute approximate surface area is 170 Å². The molecule has 0 radical (unpaired) electrons. The lowest BCUT2D eigenvalue weighted by Gasteiger charge is -2.13. The van der Waals surface area contributed by atoms with Crippen molar-refractivity contribution >= 4 is 15.8 Å². The van der Waals surface area contributed by atoms with E-state index >= 15 is 0 Å². The molecule has 0 saturated carbocycles. The Morgan fingerprint density at radius 1 is 1.00 bits per heavy atom. The Hall–Kier alpha value is -3.12. The smallest absolute Gasteiger partial charge is 0.307 e. The zero-order valence-corrected chi connectivity index (χ0v) is 17.1. The summed E-state index contributed by atoms with van der Waals surface area (Å²) in [7, 11) is -3.90. The van der Waals surface area contributed by atoms with Crippen molar-refractivity contribution in [3.05, 3.63) is 77.9 Å². The van der Waals surface area contributed by atoms with Crippen molar-refractivity contribution in [1.29, 1.82) is 0 Å². The van der Waals surface area contributed by atoms with E-state index in [9.17, 15) is 13.2 Å². The van der Waals surface area contributed by atoms with Crippen LogP contribution < -0.4 is 4.74 Å². The molecule has 0 saturated heterocycles. The van der Waals surface area contributed by atoms with Gasteiger partial charge >= 0.3 is 5.97 Å². The lowest BCUT2D eigenvalue weighted by molar-refractivity contribution is -0.136. The standard InChI is InChI=1S/C23H22O5S/c1-3-28-19-12-17(14-23(24)25)13-20(15-19)29(26,27)22-7-5-4-6-21(22)18-10-8-16(2)9-11-18/h4-13,15H,3,14H2,1-2H3,(H,24,25). The number of rotatable bonds is 7. The Balaban J connectivity index is 2.16. The molecule has 6 heteroatoms. The Bertz CT molecular complexity index is 1130. The molecule has 5 nitrogen and oxygen atoms in total. The predicted molar refractivity (Wildman–Crippen MR) is 111 cm³/mol. The van der Waals surface area contributed by atoms with E-state index in [0.29, 0.717) is 23.5 Å². The van der Waals surface area contributed by atoms with Crippen LogP contribution >= 0.6 is 0 Å². The van der Waals surface area contributed by atoms with Gasteiger partial charge in [-0.1, -0.05) is 48.0 Å². The summed E-state index contributed by atoms with van der Waals surface area (Å²) in [5.41, 5.74) is 2.84. The Morgan fingerprint density at radius 2 is 1.69 bits per heavy atom. The number of aryl methyl sites for hydroxylation is 1. The molecule has 0 spiro atoms. The Morgan fingerprint density at radius 3 is 2.34 bits per heavy atom. The highest BCUT2D eigenvalue weighted by molar-refractivity contribution is 7.91. The van der Waals surface area contributed by atoms with Gasteiger partial charge in [0.05, 0.1) is 22.8 Å². The summed E-state index contributed by atoms with van der Waals surface area (Å²) < 4.78 is 32.4. The second-order valence-corrected chi connectivity index (χ2v) is 8.60. The second-order valence-electron chi connectivity index (χ2n) is 6.68. The summed E-state index contributed by atoms with van der Waals surface area (Å²) in [5, 5.41) is 9.12. The number of aliphatic carboxylic acids is 1. The first-order chi connectivity index (χ1) is 13.8. The average Bonchev–Trinajstić information content (AvgIpc) is 2.68. The third kappa shape index (κ3) is 4.66. The fourth-order valence-electron chi connectivity index (χ4n) is 3.11. The number of carboxylic acid groups (broad SMARTS) is 1. The minimum atomic E-state index is -3.90. The molecule has 3 aromatic carbocycles. The van der Waals surface area contributed by atoms with Crippen LogP contribution in [0.2, 0.25) is 0 Å². The molecule has 3 aromatic rings. The van der Waals surface area contributed by atoms with Crippen molar-refractivity contribution in [1.82, 2.24) is 0 Å². The Kier molecular flexibility index (Phi) is 6.03. The van der Waals surface area contributed by atoms with Crippen LogP contribution in [0.3, 0.4) is 0 Å². The summed E-state index contributed by atoms with van der Waals surface area (Å²) >= 11 is 0. The second kappa shape index (κ2) is 8.49. The van der Waals surface area contributed by atoms with Gasteiger partial charge in [-0.2, -0.15) is 0 Å². The number of carbonyl (C=O) groups is 1. The van der Waals surface area contributed by atoms with Crippen LogP contribution in [0.4, 0.5) is 0 Å². The predicted octanol–water partition coefficient (Wildman–Crippen LogP) is 4.52. The fourth-order valence-corrected chi connectivity index (χ4v) is 4.68. The van der Waals surface area contributed by atoms with E-state index in [2.05, 4.69) is 0 Å². The van der Waals surface area contributed by atoms with Gasteiger partial charge in [0, 0.05) is 5.56 Å². The van der Waals surface area contributed by atoms with Gasteiger partial charge in [-0.25, -0.2) is 8.42 Å². The lowest BCUT2D eigenvalue weighted by Crippen LogP contribution is -2.07. The molecule has 0 bridgehead atoms. The van der Waals surface area contributed by atoms with Crippen LogP contribution in [0.1, 0.15) is 18.1 Å². The molecule has 1 N–H and O–H groups in total. The van der Waals surface area contributed by atoms with Crippen molar-refractivity contribution in [3.63, 3.8) is 0 Å². The lowest BCUT2D eigenvalue weighted by atomic mass is 10.0. The van der Waals surface area contributed by atoms with Gasteiger partial charge in [-0.05, 0) is 49.2 Å². The monoisotopic (exact) mass is 410 g/mol. The topological polar surface area (TPSA) is 80.7 Å². The maximum Gasteiger partial charge on any atom is 0.307 e. The van der Waals surface area contributed by atoms with Crippen molar-refractivity contribution < 1.29 is 23.1 Å². The van der Waals surface area contributed by atoms with E-state index in [1.807, 2.05) is 31.2 Å². The van der Waals surface area contributed by atoms with Crippen molar-refractivity contribution in [2.24, 2.45) is 0 Å². The van der Waals surface area contributed by atoms with Crippen LogP contribution in [0, 0.1) is 6.92 Å². The van der Waals surface area contributed by atoms with Crippen LogP contribution in [0.15, 0.2) is 76.5 Å². The molecule has 0 aliphatic carbocycles. The van der Waals surface area contributed by atoms with Gasteiger partial charge in [-0.3, -0.25) is 4.79 Å². The summed E-state index contributed by atoms with van der Waals surface area (Å²) in [4.78, 5) is 11.3. The highest BCUT2D eigenvalue weighted by Gasteiger charge is 2.23. The van der Waals surface area contributed by atoms with Crippen molar-refractivity contribution in [2.45, 2.75) is 30.1 Å². The van der Waals surface area contributed by atoms with Crippen LogP contribution in [-0.4, -0.2) is 26.1 Å². The summed E-state index contributed by atoms with van der Waals surface area (Å²) in [6.07, 6.45) is -0.289. The number of ether oxygens (including phenoxy) is 1. The average molecular weight is 410 g/mol. The van der Waals surface area contributed by atoms with Gasteiger partial charge in [-0.15, -0.1) is 0 Å². The van der Waals surface area contributed by atoms with Gasteiger partial charge in [0.2, 0.25) is 9.84 Å². The molecule has 3 rings (SSSR count). The van der Waals surface area contributed by atoms with Gasteiger partial charge in [0.1, 0.15) is 5.75 Å². The highest BCUT2D eigenvalue weighted by Crippen LogP contribution is 2.33. The van der Waals surface area contributed by atoms with E-state index in [0.717, 1.165) is 11.1 Å². The first-order valence-corrected chi connectivity index (χ1v) is 10.7. The van der Waals surface area contributed by atoms with Gasteiger partial charge < -0.3 is 9.84 Å². The third-order valence-electron chi connectivity index (χ3n) is 4.46. The molecule has 0 aromatic heterocycles. The zero-order valence-electron chi connectivity index (χ0n) is 16.3. The number of hydrogen-bond acceptors (Lipinski definition) is 4. The molecule has 29 heavy (non-hydrogen) atoms. The molecular formula is C23H22O5S. The minimum absolute atomic E-state index is 0.0132. The van der Waals surface area contributed by atoms with E-state index < -0.39 is 15.8 Å². The summed E-state index contributed by atoms with van der Waals surface area (Å²) in [5.74, 6) is -0.709. The summed E-state index contributed by atoms with van der Waals surface area (Å²) in [6.45, 7) is 4.09. The van der Waals surface area contributed by atoms with Crippen molar-refractivity contribution in [3.8, 4) is 16.9 Å². The summed E-state index contributed by atoms with van der Waals surface area (Å²) in [6, 6.07) is 18.8. The van der Waals surface area contributed by atoms with E-state index in [1.54, 1.807) is 37.3 Å². The molecule has 150 valence electrons. The first-order valence-electron chi connectivity index (χ1n) is 9.21.